The second-order valence-corrected chi connectivity index (χ2v) is 5.29. The molecule has 0 bridgehead atoms. The molecule has 0 aliphatic carbocycles. The molecule has 25 heavy (non-hydrogen) atoms. The number of nitrogens with zero attached hydrogens (tertiary/aromatic N) is 4. The Balaban J connectivity index is 1.73. The van der Waals surface area contributed by atoms with E-state index in [0.29, 0.717) is 23.1 Å². The van der Waals surface area contributed by atoms with Crippen LogP contribution in [0.25, 0.3) is 5.82 Å². The molecule has 0 saturated carbocycles. The average Bonchev–Trinajstić information content (AvgIpc) is 3.11. The van der Waals surface area contributed by atoms with Gasteiger partial charge < -0.3 is 15.4 Å². The Hall–Kier alpha value is -3.26. The minimum absolute atomic E-state index is 0.0242. The van der Waals surface area contributed by atoms with Gasteiger partial charge in [-0.3, -0.25) is 4.79 Å². The number of rotatable bonds is 6. The van der Waals surface area contributed by atoms with Crippen LogP contribution in [0.15, 0.2) is 48.8 Å². The van der Waals surface area contributed by atoms with E-state index < -0.39 is 0 Å². The summed E-state index contributed by atoms with van der Waals surface area (Å²) in [4.78, 5) is 20.3. The van der Waals surface area contributed by atoms with Crippen LogP contribution in [0.3, 0.4) is 0 Å². The summed E-state index contributed by atoms with van der Waals surface area (Å²) in [6, 6.07) is 11.0. The lowest BCUT2D eigenvalue weighted by molar-refractivity contribution is -0.119. The Kier molecular flexibility index (Phi) is 5.00. The predicted molar refractivity (Wildman–Crippen MR) is 94.1 cm³/mol. The van der Waals surface area contributed by atoms with Crippen molar-refractivity contribution in [3.05, 3.63) is 54.6 Å². The lowest BCUT2D eigenvalue weighted by Crippen LogP contribution is -2.16. The Bertz CT molecular complexity index is 846. The van der Waals surface area contributed by atoms with E-state index >= 15 is 0 Å². The van der Waals surface area contributed by atoms with Gasteiger partial charge in [0.15, 0.2) is 5.82 Å². The molecule has 2 heterocycles. The molecule has 1 amide bonds. The average molecular weight is 338 g/mol. The van der Waals surface area contributed by atoms with Crippen LogP contribution < -0.4 is 10.6 Å². The Morgan fingerprint density at radius 3 is 2.64 bits per heavy atom. The van der Waals surface area contributed by atoms with E-state index in [1.807, 2.05) is 37.4 Å². The molecule has 0 spiro atoms. The maximum atomic E-state index is 11.5. The number of methoxy groups -OCH3 is 1. The van der Waals surface area contributed by atoms with Crippen molar-refractivity contribution in [2.24, 2.45) is 0 Å². The van der Waals surface area contributed by atoms with Gasteiger partial charge in [0, 0.05) is 36.9 Å². The van der Waals surface area contributed by atoms with Crippen LogP contribution in [-0.2, 0) is 9.53 Å². The largest absolute Gasteiger partial charge is 0.375 e. The smallest absolute Gasteiger partial charge is 0.250 e. The van der Waals surface area contributed by atoms with E-state index in [4.69, 9.17) is 4.74 Å². The summed E-state index contributed by atoms with van der Waals surface area (Å²) in [7, 11) is 1.48. The summed E-state index contributed by atoms with van der Waals surface area (Å²) in [5.74, 6) is 1.79. The number of aromatic nitrogens is 4. The van der Waals surface area contributed by atoms with Crippen molar-refractivity contribution < 1.29 is 9.53 Å². The van der Waals surface area contributed by atoms with E-state index in [-0.39, 0.29) is 12.5 Å². The molecule has 8 nitrogen and oxygen atoms in total. The summed E-state index contributed by atoms with van der Waals surface area (Å²) >= 11 is 0. The van der Waals surface area contributed by atoms with Gasteiger partial charge in [-0.1, -0.05) is 0 Å². The van der Waals surface area contributed by atoms with Crippen LogP contribution in [0.5, 0.6) is 0 Å². The summed E-state index contributed by atoms with van der Waals surface area (Å²) < 4.78 is 6.46. The molecule has 3 rings (SSSR count). The monoisotopic (exact) mass is 338 g/mol. The first-order valence-corrected chi connectivity index (χ1v) is 7.65. The first-order chi connectivity index (χ1) is 12.1. The normalized spacial score (nSPS) is 10.5. The number of carbonyl (C=O) groups excluding carboxylic acids is 1. The number of aryl methyl sites for hydroxylation is 1. The zero-order valence-corrected chi connectivity index (χ0v) is 13.9. The molecule has 8 heteroatoms. The SMILES string of the molecule is COCC(=O)Nc1ccc(Nc2cc(-n3cccn3)nc(C)n2)cc1. The van der Waals surface area contributed by atoms with Gasteiger partial charge in [0.25, 0.3) is 0 Å². The summed E-state index contributed by atoms with van der Waals surface area (Å²) in [5.41, 5.74) is 1.54. The quantitative estimate of drug-likeness (QED) is 0.716. The molecule has 1 aromatic carbocycles. The van der Waals surface area contributed by atoms with E-state index in [1.54, 1.807) is 23.0 Å². The molecule has 2 aromatic heterocycles. The topological polar surface area (TPSA) is 94.0 Å². The summed E-state index contributed by atoms with van der Waals surface area (Å²) in [5, 5.41) is 10.1. The second kappa shape index (κ2) is 7.54. The maximum Gasteiger partial charge on any atom is 0.250 e. The van der Waals surface area contributed by atoms with Crippen LogP contribution >= 0.6 is 0 Å². The third-order valence-electron chi connectivity index (χ3n) is 3.28. The number of carbonyl (C=O) groups is 1. The van der Waals surface area contributed by atoms with Gasteiger partial charge in [-0.05, 0) is 37.3 Å². The van der Waals surface area contributed by atoms with Crippen LogP contribution in [-0.4, -0.2) is 39.4 Å². The van der Waals surface area contributed by atoms with Crippen molar-refractivity contribution in [2.45, 2.75) is 6.92 Å². The van der Waals surface area contributed by atoms with Crippen LogP contribution in [0.2, 0.25) is 0 Å². The molecule has 128 valence electrons. The first kappa shape index (κ1) is 16.6. The molecule has 0 radical (unpaired) electrons. The van der Waals surface area contributed by atoms with E-state index in [0.717, 1.165) is 5.69 Å². The van der Waals surface area contributed by atoms with Crippen LogP contribution in [0.1, 0.15) is 5.82 Å². The van der Waals surface area contributed by atoms with Gasteiger partial charge in [0.05, 0.1) is 0 Å². The molecule has 0 aliphatic rings. The fourth-order valence-electron chi connectivity index (χ4n) is 2.25. The number of ether oxygens (including phenoxy) is 1. The molecular formula is C17H18N6O2. The molecular weight excluding hydrogens is 320 g/mol. The fraction of sp³-hybridized carbons (Fsp3) is 0.176. The molecule has 0 aliphatic heterocycles. The van der Waals surface area contributed by atoms with Gasteiger partial charge in [0.2, 0.25) is 5.91 Å². The second-order valence-electron chi connectivity index (χ2n) is 5.29. The van der Waals surface area contributed by atoms with Crippen molar-refractivity contribution in [3.8, 4) is 5.82 Å². The highest BCUT2D eigenvalue weighted by molar-refractivity contribution is 5.91. The van der Waals surface area contributed by atoms with Gasteiger partial charge in [0.1, 0.15) is 18.2 Å². The van der Waals surface area contributed by atoms with E-state index in [1.165, 1.54) is 7.11 Å². The zero-order valence-electron chi connectivity index (χ0n) is 13.9. The Morgan fingerprint density at radius 1 is 1.20 bits per heavy atom. The van der Waals surface area contributed by atoms with Crippen molar-refractivity contribution in [1.29, 1.82) is 0 Å². The van der Waals surface area contributed by atoms with E-state index in [2.05, 4.69) is 25.7 Å². The standard InChI is InChI=1S/C17H18N6O2/c1-12-19-15(10-16(20-12)23-9-3-8-18-23)21-13-4-6-14(7-5-13)22-17(24)11-25-2/h3-10H,11H2,1-2H3,(H,22,24)(H,19,20,21). The van der Waals surface area contributed by atoms with Gasteiger partial charge in [-0.15, -0.1) is 0 Å². The number of hydrogen-bond acceptors (Lipinski definition) is 6. The molecule has 0 saturated heterocycles. The van der Waals surface area contributed by atoms with Crippen LogP contribution in [0.4, 0.5) is 17.2 Å². The lowest BCUT2D eigenvalue weighted by atomic mass is 10.2. The number of amides is 1. The maximum absolute atomic E-state index is 11.5. The van der Waals surface area contributed by atoms with Crippen molar-refractivity contribution in [2.75, 3.05) is 24.4 Å². The molecule has 0 atom stereocenters. The third-order valence-corrected chi connectivity index (χ3v) is 3.28. The fourth-order valence-corrected chi connectivity index (χ4v) is 2.25. The first-order valence-electron chi connectivity index (χ1n) is 7.65. The number of hydrogen-bond donors (Lipinski definition) is 2. The zero-order chi connectivity index (χ0) is 17.6. The van der Waals surface area contributed by atoms with Gasteiger partial charge in [-0.2, -0.15) is 5.10 Å². The molecule has 0 fully saturated rings. The number of benzene rings is 1. The lowest BCUT2D eigenvalue weighted by Gasteiger charge is -2.10. The molecule has 2 N–H and O–H groups in total. The van der Waals surface area contributed by atoms with Crippen molar-refractivity contribution >= 4 is 23.1 Å². The van der Waals surface area contributed by atoms with Gasteiger partial charge >= 0.3 is 0 Å². The Labute approximate surface area is 144 Å². The van der Waals surface area contributed by atoms with Crippen molar-refractivity contribution in [3.63, 3.8) is 0 Å². The summed E-state index contributed by atoms with van der Waals surface area (Å²) in [6.07, 6.45) is 3.52. The minimum atomic E-state index is -0.196. The van der Waals surface area contributed by atoms with Crippen LogP contribution in [0, 0.1) is 6.92 Å². The highest BCUT2D eigenvalue weighted by Gasteiger charge is 2.05. The predicted octanol–water partition coefficient (Wildman–Crippen LogP) is 2.30. The van der Waals surface area contributed by atoms with Gasteiger partial charge in [-0.25, -0.2) is 14.6 Å². The molecule has 3 aromatic rings. The number of anilines is 3. The highest BCUT2D eigenvalue weighted by atomic mass is 16.5. The summed E-state index contributed by atoms with van der Waals surface area (Å²) in [6.45, 7) is 1.85. The third kappa shape index (κ3) is 4.39. The van der Waals surface area contributed by atoms with Crippen molar-refractivity contribution in [1.82, 2.24) is 19.7 Å². The highest BCUT2D eigenvalue weighted by Crippen LogP contribution is 2.19. The Morgan fingerprint density at radius 2 is 1.96 bits per heavy atom. The minimum Gasteiger partial charge on any atom is -0.375 e. The molecule has 0 unspecified atom stereocenters. The van der Waals surface area contributed by atoms with E-state index in [9.17, 15) is 4.79 Å². The number of nitrogens with one attached hydrogen (secondary N) is 2.